The summed E-state index contributed by atoms with van der Waals surface area (Å²) in [5.74, 6) is 0.829. The Bertz CT molecular complexity index is 577. The lowest BCUT2D eigenvalue weighted by molar-refractivity contribution is 0.407. The molecule has 0 bridgehead atoms. The highest BCUT2D eigenvalue weighted by Gasteiger charge is 2.16. The van der Waals surface area contributed by atoms with Crippen molar-refractivity contribution >= 4 is 5.69 Å². The number of aromatic nitrogens is 2. The monoisotopic (exact) mass is 274 g/mol. The molecule has 0 unspecified atom stereocenters. The zero-order valence-corrected chi connectivity index (χ0v) is 12.5. The highest BCUT2D eigenvalue weighted by atomic mass is 16.5. The minimum atomic E-state index is -0.0856. The van der Waals surface area contributed by atoms with E-state index in [-0.39, 0.29) is 6.04 Å². The normalized spacial score (nSPS) is 12.2. The Morgan fingerprint density at radius 2 is 2.20 bits per heavy atom. The second-order valence-corrected chi connectivity index (χ2v) is 5.06. The molecular formula is C15H22N4O. The van der Waals surface area contributed by atoms with Crippen molar-refractivity contribution in [3.05, 3.63) is 41.7 Å². The van der Waals surface area contributed by atoms with Crippen molar-refractivity contribution in [1.82, 2.24) is 9.78 Å². The van der Waals surface area contributed by atoms with Crippen LogP contribution in [0.3, 0.4) is 0 Å². The van der Waals surface area contributed by atoms with E-state index in [1.165, 1.54) is 0 Å². The van der Waals surface area contributed by atoms with Crippen LogP contribution in [0, 0.1) is 0 Å². The van der Waals surface area contributed by atoms with Gasteiger partial charge in [-0.25, -0.2) is 0 Å². The number of aryl methyl sites for hydroxylation is 1. The maximum absolute atomic E-state index is 6.10. The number of benzene rings is 1. The Morgan fingerprint density at radius 1 is 1.45 bits per heavy atom. The molecule has 0 saturated heterocycles. The molecule has 2 N–H and O–H groups in total. The predicted octanol–water partition coefficient (Wildman–Crippen LogP) is 2.08. The Morgan fingerprint density at radius 3 is 2.75 bits per heavy atom. The van der Waals surface area contributed by atoms with Crippen molar-refractivity contribution in [3.63, 3.8) is 0 Å². The molecule has 0 amide bonds. The Labute approximate surface area is 119 Å². The van der Waals surface area contributed by atoms with Gasteiger partial charge in [-0.1, -0.05) is 6.07 Å². The molecule has 0 spiro atoms. The lowest BCUT2D eigenvalue weighted by atomic mass is 10.0. The molecule has 5 heteroatoms. The van der Waals surface area contributed by atoms with E-state index >= 15 is 0 Å². The Kier molecular flexibility index (Phi) is 4.29. The van der Waals surface area contributed by atoms with Crippen molar-refractivity contribution < 1.29 is 4.74 Å². The van der Waals surface area contributed by atoms with Gasteiger partial charge in [0.25, 0.3) is 0 Å². The smallest absolute Gasteiger partial charge is 0.125 e. The van der Waals surface area contributed by atoms with E-state index < -0.39 is 0 Å². The van der Waals surface area contributed by atoms with Gasteiger partial charge in [-0.2, -0.15) is 5.10 Å². The molecule has 5 nitrogen and oxygen atoms in total. The van der Waals surface area contributed by atoms with Gasteiger partial charge in [-0.3, -0.25) is 4.68 Å². The first kappa shape index (κ1) is 14.4. The van der Waals surface area contributed by atoms with E-state index in [9.17, 15) is 0 Å². The van der Waals surface area contributed by atoms with Crippen molar-refractivity contribution in [2.45, 2.75) is 19.5 Å². The third-order valence-electron chi connectivity index (χ3n) is 3.31. The largest absolute Gasteiger partial charge is 0.496 e. The first-order valence-corrected chi connectivity index (χ1v) is 6.64. The van der Waals surface area contributed by atoms with Crippen LogP contribution in [0.5, 0.6) is 5.75 Å². The fourth-order valence-electron chi connectivity index (χ4n) is 2.41. The third kappa shape index (κ3) is 2.93. The van der Waals surface area contributed by atoms with E-state index in [0.29, 0.717) is 0 Å². The van der Waals surface area contributed by atoms with Gasteiger partial charge in [-0.15, -0.1) is 0 Å². The summed E-state index contributed by atoms with van der Waals surface area (Å²) in [4.78, 5) is 2.16. The Hall–Kier alpha value is -2.01. The SMILES string of the molecule is COc1cccc(N(C)Cc2cnn(C)c2)c1[C@@H](C)N. The molecule has 0 aliphatic carbocycles. The standard InChI is InChI=1S/C15H22N4O/c1-11(16)15-13(6-5-7-14(15)20-4)18(2)9-12-8-17-19(3)10-12/h5-8,10-11H,9,16H2,1-4H3/t11-/m1/s1. The highest BCUT2D eigenvalue weighted by Crippen LogP contribution is 2.33. The first-order chi connectivity index (χ1) is 9.52. The summed E-state index contributed by atoms with van der Waals surface area (Å²) in [6.45, 7) is 2.75. The molecular weight excluding hydrogens is 252 g/mol. The summed E-state index contributed by atoms with van der Waals surface area (Å²) >= 11 is 0. The summed E-state index contributed by atoms with van der Waals surface area (Å²) in [5.41, 5.74) is 9.38. The number of ether oxygens (including phenoxy) is 1. The molecule has 1 atom stereocenters. The van der Waals surface area contributed by atoms with Gasteiger partial charge in [0.1, 0.15) is 5.75 Å². The van der Waals surface area contributed by atoms with Gasteiger partial charge in [0.05, 0.1) is 13.3 Å². The summed E-state index contributed by atoms with van der Waals surface area (Å²) < 4.78 is 7.24. The fourth-order valence-corrected chi connectivity index (χ4v) is 2.41. The van der Waals surface area contributed by atoms with Crippen LogP contribution in [-0.2, 0) is 13.6 Å². The number of nitrogens with zero attached hydrogens (tertiary/aromatic N) is 3. The molecule has 0 aliphatic rings. The van der Waals surface area contributed by atoms with Crippen LogP contribution in [0.25, 0.3) is 0 Å². The van der Waals surface area contributed by atoms with Crippen LogP contribution >= 0.6 is 0 Å². The van der Waals surface area contributed by atoms with Crippen molar-refractivity contribution in [3.8, 4) is 5.75 Å². The average molecular weight is 274 g/mol. The minimum absolute atomic E-state index is 0.0856. The van der Waals surface area contributed by atoms with Crippen molar-refractivity contribution in [1.29, 1.82) is 0 Å². The summed E-state index contributed by atoms with van der Waals surface area (Å²) in [5, 5.41) is 4.20. The van der Waals surface area contributed by atoms with E-state index in [1.54, 1.807) is 11.8 Å². The van der Waals surface area contributed by atoms with E-state index in [2.05, 4.69) is 16.1 Å². The Balaban J connectivity index is 2.31. The third-order valence-corrected chi connectivity index (χ3v) is 3.31. The molecule has 0 saturated carbocycles. The molecule has 0 aliphatic heterocycles. The number of rotatable bonds is 5. The highest BCUT2D eigenvalue weighted by molar-refractivity contribution is 5.60. The zero-order valence-electron chi connectivity index (χ0n) is 12.5. The van der Waals surface area contributed by atoms with Crippen LogP contribution < -0.4 is 15.4 Å². The van der Waals surface area contributed by atoms with E-state index in [1.807, 2.05) is 45.5 Å². The van der Waals surface area contributed by atoms with Crippen LogP contribution in [0.15, 0.2) is 30.6 Å². The molecule has 20 heavy (non-hydrogen) atoms. The second kappa shape index (κ2) is 5.96. The predicted molar refractivity (Wildman–Crippen MR) is 80.9 cm³/mol. The minimum Gasteiger partial charge on any atom is -0.496 e. The zero-order chi connectivity index (χ0) is 14.7. The van der Waals surface area contributed by atoms with Crippen LogP contribution in [-0.4, -0.2) is 23.9 Å². The van der Waals surface area contributed by atoms with Gasteiger partial charge in [0, 0.05) is 49.7 Å². The van der Waals surface area contributed by atoms with E-state index in [4.69, 9.17) is 10.5 Å². The number of hydrogen-bond donors (Lipinski definition) is 1. The number of hydrogen-bond acceptors (Lipinski definition) is 4. The van der Waals surface area contributed by atoms with Gasteiger partial charge in [0.2, 0.25) is 0 Å². The molecule has 1 aromatic heterocycles. The molecule has 2 aromatic rings. The van der Waals surface area contributed by atoms with Gasteiger partial charge in [0.15, 0.2) is 0 Å². The second-order valence-electron chi connectivity index (χ2n) is 5.06. The van der Waals surface area contributed by atoms with Crippen LogP contribution in [0.1, 0.15) is 24.1 Å². The van der Waals surface area contributed by atoms with Crippen molar-refractivity contribution in [2.75, 3.05) is 19.1 Å². The molecule has 108 valence electrons. The van der Waals surface area contributed by atoms with E-state index in [0.717, 1.165) is 29.1 Å². The van der Waals surface area contributed by atoms with Gasteiger partial charge >= 0.3 is 0 Å². The van der Waals surface area contributed by atoms with Gasteiger partial charge in [-0.05, 0) is 19.1 Å². The summed E-state index contributed by atoms with van der Waals surface area (Å²) in [6.07, 6.45) is 3.89. The molecule has 0 fully saturated rings. The molecule has 0 radical (unpaired) electrons. The molecule has 2 rings (SSSR count). The fraction of sp³-hybridized carbons (Fsp3) is 0.400. The first-order valence-electron chi connectivity index (χ1n) is 6.64. The average Bonchev–Trinajstić information content (AvgIpc) is 2.82. The topological polar surface area (TPSA) is 56.3 Å². The number of anilines is 1. The number of methoxy groups -OCH3 is 1. The van der Waals surface area contributed by atoms with Crippen LogP contribution in [0.4, 0.5) is 5.69 Å². The summed E-state index contributed by atoms with van der Waals surface area (Å²) in [6, 6.07) is 5.91. The number of nitrogens with two attached hydrogens (primary N) is 1. The molecule has 1 heterocycles. The van der Waals surface area contributed by atoms with Gasteiger partial charge < -0.3 is 15.4 Å². The lowest BCUT2D eigenvalue weighted by Gasteiger charge is -2.25. The van der Waals surface area contributed by atoms with Crippen molar-refractivity contribution in [2.24, 2.45) is 12.8 Å². The molecule has 1 aromatic carbocycles. The quantitative estimate of drug-likeness (QED) is 0.907. The maximum atomic E-state index is 6.10. The maximum Gasteiger partial charge on any atom is 0.125 e. The lowest BCUT2D eigenvalue weighted by Crippen LogP contribution is -2.20. The summed E-state index contributed by atoms with van der Waals surface area (Å²) in [7, 11) is 5.64. The van der Waals surface area contributed by atoms with Crippen LogP contribution in [0.2, 0.25) is 0 Å².